The minimum atomic E-state index is -2.92. The number of nitrogens with one attached hydrogen (secondary N) is 2. The highest BCUT2D eigenvalue weighted by Gasteiger charge is 2.41. The van der Waals surface area contributed by atoms with E-state index in [1.807, 2.05) is 0 Å². The van der Waals surface area contributed by atoms with Gasteiger partial charge in [-0.15, -0.1) is 0 Å². The number of hydrogen-bond acceptors (Lipinski definition) is 6. The smallest absolute Gasteiger partial charge is 0.266 e. The number of rotatable bonds is 8. The number of nitrogens with zero attached hydrogens (tertiary/aromatic N) is 2. The van der Waals surface area contributed by atoms with Gasteiger partial charge < -0.3 is 20.1 Å². The largest absolute Gasteiger partial charge is 0.363 e. The second-order valence-corrected chi connectivity index (χ2v) is 10.5. The molecule has 1 saturated heterocycles. The Morgan fingerprint density at radius 1 is 1.11 bits per heavy atom. The molecule has 7 nitrogen and oxygen atoms in total. The van der Waals surface area contributed by atoms with E-state index in [0.717, 1.165) is 50.5 Å². The highest BCUT2D eigenvalue weighted by atomic mass is 19.3. The maximum Gasteiger partial charge on any atom is 0.266 e. The molecule has 0 unspecified atom stereocenters. The average Bonchev–Trinajstić information content (AvgIpc) is 3.39. The molecule has 1 atom stereocenters. The number of aryl methyl sites for hydroxylation is 1. The van der Waals surface area contributed by atoms with Gasteiger partial charge in [0.25, 0.3) is 6.43 Å². The third-order valence-corrected chi connectivity index (χ3v) is 7.93. The SMILES string of the molecule is Cc1nc(CC(=O)NC23CCC(CC2)CC3)c(C2OCCO2)c(N[C@H](C)c2cccc(C(F)F)c2F)n1. The van der Waals surface area contributed by atoms with Gasteiger partial charge in [0.1, 0.15) is 17.5 Å². The van der Waals surface area contributed by atoms with Crippen molar-refractivity contribution in [1.82, 2.24) is 15.3 Å². The van der Waals surface area contributed by atoms with Crippen LogP contribution in [0.5, 0.6) is 0 Å². The van der Waals surface area contributed by atoms with Gasteiger partial charge in [0.2, 0.25) is 5.91 Å². The lowest BCUT2D eigenvalue weighted by Crippen LogP contribution is -2.54. The molecular weight excluding hydrogens is 485 g/mol. The van der Waals surface area contributed by atoms with Gasteiger partial charge in [-0.25, -0.2) is 23.1 Å². The molecular formula is C27H33F3N4O3. The molecule has 37 heavy (non-hydrogen) atoms. The number of ether oxygens (including phenoxy) is 2. The average molecular weight is 519 g/mol. The number of carbonyl (C=O) groups is 1. The van der Waals surface area contributed by atoms with Crippen molar-refractivity contribution in [3.63, 3.8) is 0 Å². The maximum absolute atomic E-state index is 14.8. The summed E-state index contributed by atoms with van der Waals surface area (Å²) in [7, 11) is 0. The fourth-order valence-electron chi connectivity index (χ4n) is 5.94. The van der Waals surface area contributed by atoms with Gasteiger partial charge in [0.15, 0.2) is 6.29 Å². The van der Waals surface area contributed by atoms with Gasteiger partial charge in [0, 0.05) is 11.1 Å². The zero-order chi connectivity index (χ0) is 26.2. The first-order chi connectivity index (χ1) is 17.7. The molecule has 2 N–H and O–H groups in total. The van der Waals surface area contributed by atoms with E-state index in [0.29, 0.717) is 36.1 Å². The molecule has 3 aliphatic carbocycles. The van der Waals surface area contributed by atoms with E-state index in [9.17, 15) is 18.0 Å². The van der Waals surface area contributed by atoms with Crippen molar-refractivity contribution in [2.45, 2.75) is 83.1 Å². The van der Waals surface area contributed by atoms with E-state index in [2.05, 4.69) is 20.6 Å². The fourth-order valence-corrected chi connectivity index (χ4v) is 5.94. The summed E-state index contributed by atoms with van der Waals surface area (Å²) >= 11 is 0. The molecule has 1 aliphatic heterocycles. The summed E-state index contributed by atoms with van der Waals surface area (Å²) in [6, 6.07) is 3.24. The van der Waals surface area contributed by atoms with Crippen LogP contribution in [0.2, 0.25) is 0 Å². The molecule has 1 amide bonds. The Labute approximate surface area is 214 Å². The standard InChI is InChI=1S/C27H33F3N4O3/c1-15(18-4-3-5-19(23(18)28)24(29)30)31-25-22(26-36-12-13-37-26)20(32-16(2)33-25)14-21(35)34-27-9-6-17(7-10-27)8-11-27/h3-5,15,17,24,26H,6-14H2,1-2H3,(H,34,35)(H,31,32,33)/t15-,17?,27?/m1/s1. The Kier molecular flexibility index (Phi) is 7.40. The molecule has 2 aromatic rings. The highest BCUT2D eigenvalue weighted by molar-refractivity contribution is 5.80. The van der Waals surface area contributed by atoms with Crippen molar-refractivity contribution in [1.29, 1.82) is 0 Å². The topological polar surface area (TPSA) is 85.4 Å². The molecule has 200 valence electrons. The fraction of sp³-hybridized carbons (Fsp3) is 0.593. The molecule has 0 spiro atoms. The van der Waals surface area contributed by atoms with Gasteiger partial charge in [-0.2, -0.15) is 0 Å². The zero-order valence-corrected chi connectivity index (χ0v) is 21.2. The molecule has 10 heteroatoms. The summed E-state index contributed by atoms with van der Waals surface area (Å²) in [6.07, 6.45) is 2.76. The summed E-state index contributed by atoms with van der Waals surface area (Å²) in [5.41, 5.74) is 0.229. The number of fused-ring (bicyclic) bond motifs is 3. The lowest BCUT2D eigenvalue weighted by molar-refractivity contribution is -0.123. The number of carbonyl (C=O) groups excluding carboxylic acids is 1. The van der Waals surface area contributed by atoms with E-state index >= 15 is 0 Å². The Morgan fingerprint density at radius 3 is 2.41 bits per heavy atom. The number of amides is 1. The van der Waals surface area contributed by atoms with Crippen LogP contribution in [-0.2, 0) is 20.7 Å². The quantitative estimate of drug-likeness (QED) is 0.483. The summed E-state index contributed by atoms with van der Waals surface area (Å²) < 4.78 is 52.9. The van der Waals surface area contributed by atoms with Crippen LogP contribution in [0.25, 0.3) is 0 Å². The van der Waals surface area contributed by atoms with E-state index in [-0.39, 0.29) is 23.4 Å². The number of hydrogen-bond donors (Lipinski definition) is 2. The predicted molar refractivity (Wildman–Crippen MR) is 131 cm³/mol. The number of alkyl halides is 2. The number of anilines is 1. The number of benzene rings is 1. The van der Waals surface area contributed by atoms with Crippen LogP contribution in [0.1, 0.15) is 92.4 Å². The Hall–Kier alpha value is -2.72. The molecule has 3 saturated carbocycles. The van der Waals surface area contributed by atoms with Crippen LogP contribution in [0.3, 0.4) is 0 Å². The molecule has 1 aromatic carbocycles. The van der Waals surface area contributed by atoms with Crippen LogP contribution >= 0.6 is 0 Å². The number of halogens is 3. The van der Waals surface area contributed by atoms with Gasteiger partial charge in [0.05, 0.1) is 42.5 Å². The Bertz CT molecular complexity index is 1130. The third-order valence-electron chi connectivity index (χ3n) is 7.93. The Morgan fingerprint density at radius 2 is 1.76 bits per heavy atom. The van der Waals surface area contributed by atoms with Crippen molar-refractivity contribution in [2.75, 3.05) is 18.5 Å². The van der Waals surface area contributed by atoms with E-state index in [1.54, 1.807) is 13.8 Å². The van der Waals surface area contributed by atoms with Crippen LogP contribution in [0.4, 0.5) is 19.0 Å². The minimum Gasteiger partial charge on any atom is -0.363 e. The zero-order valence-electron chi connectivity index (χ0n) is 21.2. The number of aromatic nitrogens is 2. The normalized spacial score (nSPS) is 24.4. The second-order valence-electron chi connectivity index (χ2n) is 10.5. The van der Waals surface area contributed by atoms with Gasteiger partial charge in [-0.3, -0.25) is 4.79 Å². The second kappa shape index (κ2) is 10.6. The summed E-state index contributed by atoms with van der Waals surface area (Å²) in [6.45, 7) is 4.11. The summed E-state index contributed by atoms with van der Waals surface area (Å²) in [4.78, 5) is 22.3. The molecule has 2 heterocycles. The lowest BCUT2D eigenvalue weighted by atomic mass is 9.66. The predicted octanol–water partition coefficient (Wildman–Crippen LogP) is 5.46. The van der Waals surface area contributed by atoms with Crippen molar-refractivity contribution < 1.29 is 27.4 Å². The van der Waals surface area contributed by atoms with Crippen LogP contribution in [-0.4, -0.2) is 34.6 Å². The van der Waals surface area contributed by atoms with E-state index in [4.69, 9.17) is 9.47 Å². The van der Waals surface area contributed by atoms with Gasteiger partial charge in [-0.05, 0) is 58.3 Å². The first kappa shape index (κ1) is 25.9. The van der Waals surface area contributed by atoms with Crippen molar-refractivity contribution in [2.24, 2.45) is 5.92 Å². The summed E-state index contributed by atoms with van der Waals surface area (Å²) in [5, 5.41) is 6.44. The van der Waals surface area contributed by atoms with Crippen molar-refractivity contribution >= 4 is 11.7 Å². The van der Waals surface area contributed by atoms with Gasteiger partial charge >= 0.3 is 0 Å². The minimum absolute atomic E-state index is 0.0192. The Balaban J connectivity index is 1.42. The maximum atomic E-state index is 14.8. The molecule has 4 aliphatic rings. The van der Waals surface area contributed by atoms with Crippen LogP contribution in [0, 0.1) is 18.7 Å². The lowest BCUT2D eigenvalue weighted by Gasteiger charge is -2.47. The van der Waals surface area contributed by atoms with Crippen LogP contribution in [0.15, 0.2) is 18.2 Å². The first-order valence-corrected chi connectivity index (χ1v) is 13.0. The van der Waals surface area contributed by atoms with Gasteiger partial charge in [-0.1, -0.05) is 18.2 Å². The molecule has 1 aromatic heterocycles. The van der Waals surface area contributed by atoms with Crippen molar-refractivity contribution in [3.05, 3.63) is 52.2 Å². The third kappa shape index (κ3) is 5.45. The molecule has 0 radical (unpaired) electrons. The molecule has 2 bridgehead atoms. The van der Waals surface area contributed by atoms with E-state index < -0.39 is 30.1 Å². The first-order valence-electron chi connectivity index (χ1n) is 13.0. The highest BCUT2D eigenvalue weighted by Crippen LogP contribution is 2.44. The van der Waals surface area contributed by atoms with Crippen molar-refractivity contribution in [3.8, 4) is 0 Å². The molecule has 4 fully saturated rings. The summed E-state index contributed by atoms with van der Waals surface area (Å²) in [5.74, 6) is 0.449. The monoisotopic (exact) mass is 518 g/mol. The van der Waals surface area contributed by atoms with Crippen LogP contribution < -0.4 is 10.6 Å². The molecule has 6 rings (SSSR count). The van der Waals surface area contributed by atoms with E-state index in [1.165, 1.54) is 12.1 Å².